The lowest BCUT2D eigenvalue weighted by Gasteiger charge is -2.17. The Hall–Kier alpha value is -1.79. The molecule has 2 heterocycles. The van der Waals surface area contributed by atoms with Gasteiger partial charge in [0.15, 0.2) is 0 Å². The molecule has 0 aliphatic heterocycles. The van der Waals surface area contributed by atoms with E-state index in [2.05, 4.69) is 22.3 Å². The quantitative estimate of drug-likeness (QED) is 0.620. The van der Waals surface area contributed by atoms with E-state index in [0.717, 1.165) is 13.0 Å². The van der Waals surface area contributed by atoms with Gasteiger partial charge < -0.3 is 4.57 Å². The minimum absolute atomic E-state index is 0.253. The molecular weight excluding hydrogens is 233 g/mol. The SMILES string of the molecule is CCCn1ccnc1C(NN)c1ncccc1F. The van der Waals surface area contributed by atoms with Crippen LogP contribution in [0.25, 0.3) is 0 Å². The molecule has 0 saturated carbocycles. The Labute approximate surface area is 105 Å². The molecule has 0 aromatic carbocycles. The number of pyridine rings is 1. The number of hydrazine groups is 1. The molecule has 3 N–H and O–H groups in total. The van der Waals surface area contributed by atoms with Gasteiger partial charge in [0.1, 0.15) is 23.4 Å². The fraction of sp³-hybridized carbons (Fsp3) is 0.333. The molecule has 0 aliphatic carbocycles. The van der Waals surface area contributed by atoms with Crippen LogP contribution in [0, 0.1) is 5.82 Å². The number of hydrogen-bond donors (Lipinski definition) is 2. The van der Waals surface area contributed by atoms with Crippen molar-refractivity contribution in [3.8, 4) is 0 Å². The summed E-state index contributed by atoms with van der Waals surface area (Å²) < 4.78 is 15.7. The first kappa shape index (κ1) is 12.7. The minimum atomic E-state index is -0.548. The van der Waals surface area contributed by atoms with Gasteiger partial charge in [0, 0.05) is 25.1 Å². The highest BCUT2D eigenvalue weighted by Gasteiger charge is 2.21. The van der Waals surface area contributed by atoms with E-state index in [1.807, 2.05) is 10.8 Å². The third kappa shape index (κ3) is 2.39. The average Bonchev–Trinajstić information content (AvgIpc) is 2.82. The van der Waals surface area contributed by atoms with Crippen LogP contribution in [-0.2, 0) is 6.54 Å². The number of aromatic nitrogens is 3. The lowest BCUT2D eigenvalue weighted by molar-refractivity contribution is 0.502. The Bertz CT molecular complexity index is 511. The molecule has 18 heavy (non-hydrogen) atoms. The van der Waals surface area contributed by atoms with Crippen LogP contribution in [0.1, 0.15) is 30.9 Å². The Morgan fingerprint density at radius 3 is 2.94 bits per heavy atom. The van der Waals surface area contributed by atoms with Crippen molar-refractivity contribution in [1.29, 1.82) is 0 Å². The highest BCUT2D eigenvalue weighted by Crippen LogP contribution is 2.20. The molecule has 0 saturated heterocycles. The maximum absolute atomic E-state index is 13.7. The van der Waals surface area contributed by atoms with Crippen molar-refractivity contribution in [2.24, 2.45) is 5.84 Å². The smallest absolute Gasteiger partial charge is 0.146 e. The number of nitrogens with one attached hydrogen (secondary N) is 1. The van der Waals surface area contributed by atoms with E-state index in [0.29, 0.717) is 5.82 Å². The zero-order valence-electron chi connectivity index (χ0n) is 10.2. The minimum Gasteiger partial charge on any atom is -0.333 e. The number of nitrogens with two attached hydrogens (primary N) is 1. The topological polar surface area (TPSA) is 68.8 Å². The highest BCUT2D eigenvalue weighted by molar-refractivity contribution is 5.19. The molecule has 0 radical (unpaired) electrons. The van der Waals surface area contributed by atoms with Gasteiger partial charge in [-0.05, 0) is 18.6 Å². The number of halogens is 1. The fourth-order valence-electron chi connectivity index (χ4n) is 1.90. The van der Waals surface area contributed by atoms with Gasteiger partial charge in [-0.2, -0.15) is 0 Å². The van der Waals surface area contributed by atoms with Gasteiger partial charge in [0.05, 0.1) is 0 Å². The zero-order chi connectivity index (χ0) is 13.0. The van der Waals surface area contributed by atoms with E-state index in [9.17, 15) is 4.39 Å². The van der Waals surface area contributed by atoms with Gasteiger partial charge in [-0.3, -0.25) is 10.8 Å². The molecule has 2 aromatic rings. The van der Waals surface area contributed by atoms with Gasteiger partial charge in [-0.25, -0.2) is 14.8 Å². The van der Waals surface area contributed by atoms with Gasteiger partial charge in [0.25, 0.3) is 0 Å². The van der Waals surface area contributed by atoms with Crippen LogP contribution in [0.5, 0.6) is 0 Å². The van der Waals surface area contributed by atoms with Crippen LogP contribution >= 0.6 is 0 Å². The lowest BCUT2D eigenvalue weighted by atomic mass is 10.1. The van der Waals surface area contributed by atoms with Crippen molar-refractivity contribution in [2.45, 2.75) is 25.9 Å². The van der Waals surface area contributed by atoms with Crippen LogP contribution in [0.2, 0.25) is 0 Å². The molecule has 1 atom stereocenters. The molecule has 96 valence electrons. The summed E-state index contributed by atoms with van der Waals surface area (Å²) >= 11 is 0. The second-order valence-electron chi connectivity index (χ2n) is 3.95. The van der Waals surface area contributed by atoms with Crippen molar-refractivity contribution < 1.29 is 4.39 Å². The normalized spacial score (nSPS) is 12.6. The fourth-order valence-corrected chi connectivity index (χ4v) is 1.90. The average molecular weight is 249 g/mol. The number of nitrogens with zero attached hydrogens (tertiary/aromatic N) is 3. The van der Waals surface area contributed by atoms with Crippen molar-refractivity contribution >= 4 is 0 Å². The molecule has 2 aromatic heterocycles. The maximum Gasteiger partial charge on any atom is 0.146 e. The van der Waals surface area contributed by atoms with E-state index in [-0.39, 0.29) is 5.69 Å². The van der Waals surface area contributed by atoms with Crippen molar-refractivity contribution in [3.05, 3.63) is 48.1 Å². The third-order valence-corrected chi connectivity index (χ3v) is 2.70. The molecule has 0 spiro atoms. The van der Waals surface area contributed by atoms with Crippen LogP contribution in [0.3, 0.4) is 0 Å². The molecule has 0 amide bonds. The van der Waals surface area contributed by atoms with Crippen LogP contribution in [-0.4, -0.2) is 14.5 Å². The number of rotatable bonds is 5. The van der Waals surface area contributed by atoms with Gasteiger partial charge in [-0.15, -0.1) is 0 Å². The largest absolute Gasteiger partial charge is 0.333 e. The van der Waals surface area contributed by atoms with E-state index >= 15 is 0 Å². The maximum atomic E-state index is 13.7. The van der Waals surface area contributed by atoms with Crippen LogP contribution in [0.15, 0.2) is 30.7 Å². The van der Waals surface area contributed by atoms with Crippen LogP contribution < -0.4 is 11.3 Å². The summed E-state index contributed by atoms with van der Waals surface area (Å²) in [7, 11) is 0. The molecule has 6 heteroatoms. The summed E-state index contributed by atoms with van der Waals surface area (Å²) in [5.74, 6) is 5.79. The first-order chi connectivity index (χ1) is 8.77. The Kier molecular flexibility index (Phi) is 4.01. The van der Waals surface area contributed by atoms with Gasteiger partial charge in [-0.1, -0.05) is 6.92 Å². The van der Waals surface area contributed by atoms with Crippen molar-refractivity contribution in [3.63, 3.8) is 0 Å². The lowest BCUT2D eigenvalue weighted by Crippen LogP contribution is -2.32. The number of aryl methyl sites for hydroxylation is 1. The predicted molar refractivity (Wildman–Crippen MR) is 65.9 cm³/mol. The standard InChI is InChI=1S/C12H16FN5/c1-2-7-18-8-6-16-12(18)11(17-14)10-9(13)4-3-5-15-10/h3-6,8,11,17H,2,7,14H2,1H3. The summed E-state index contributed by atoms with van der Waals surface area (Å²) in [6, 6.07) is 2.36. The second kappa shape index (κ2) is 5.70. The molecule has 5 nitrogen and oxygen atoms in total. The number of hydrogen-bond acceptors (Lipinski definition) is 4. The van der Waals surface area contributed by atoms with Crippen molar-refractivity contribution in [2.75, 3.05) is 0 Å². The summed E-state index contributed by atoms with van der Waals surface area (Å²) in [6.45, 7) is 2.87. The summed E-state index contributed by atoms with van der Waals surface area (Å²) in [5, 5.41) is 0. The van der Waals surface area contributed by atoms with E-state index in [1.165, 1.54) is 12.3 Å². The number of imidazole rings is 1. The summed E-state index contributed by atoms with van der Waals surface area (Å²) in [6.07, 6.45) is 6.03. The van der Waals surface area contributed by atoms with Crippen LogP contribution in [0.4, 0.5) is 4.39 Å². The molecular formula is C12H16FN5. The third-order valence-electron chi connectivity index (χ3n) is 2.70. The van der Waals surface area contributed by atoms with E-state index < -0.39 is 11.9 Å². The first-order valence-corrected chi connectivity index (χ1v) is 5.85. The Morgan fingerprint density at radius 1 is 1.44 bits per heavy atom. The summed E-state index contributed by atoms with van der Waals surface area (Å²) in [5.41, 5.74) is 2.83. The van der Waals surface area contributed by atoms with Gasteiger partial charge in [0.2, 0.25) is 0 Å². The zero-order valence-corrected chi connectivity index (χ0v) is 10.2. The molecule has 0 aliphatic rings. The second-order valence-corrected chi connectivity index (χ2v) is 3.95. The first-order valence-electron chi connectivity index (χ1n) is 5.85. The monoisotopic (exact) mass is 249 g/mol. The van der Waals surface area contributed by atoms with E-state index in [4.69, 9.17) is 5.84 Å². The summed E-state index contributed by atoms with van der Waals surface area (Å²) in [4.78, 5) is 8.27. The molecule has 0 fully saturated rings. The van der Waals surface area contributed by atoms with Crippen molar-refractivity contribution in [1.82, 2.24) is 20.0 Å². The Balaban J connectivity index is 2.39. The molecule has 1 unspecified atom stereocenters. The van der Waals surface area contributed by atoms with Gasteiger partial charge >= 0.3 is 0 Å². The van der Waals surface area contributed by atoms with E-state index in [1.54, 1.807) is 12.3 Å². The molecule has 0 bridgehead atoms. The highest BCUT2D eigenvalue weighted by atomic mass is 19.1. The Morgan fingerprint density at radius 2 is 2.28 bits per heavy atom. The predicted octanol–water partition coefficient (Wildman–Crippen LogP) is 1.38. The molecule has 2 rings (SSSR count).